The van der Waals surface area contributed by atoms with Gasteiger partial charge in [0.2, 0.25) is 0 Å². The molecule has 21 heavy (non-hydrogen) atoms. The van der Waals surface area contributed by atoms with E-state index in [4.69, 9.17) is 16.3 Å². The van der Waals surface area contributed by atoms with Crippen LogP contribution in [-0.4, -0.2) is 45.0 Å². The Kier molecular flexibility index (Phi) is 5.70. The Hall–Kier alpha value is -1.93. The average molecular weight is 313 g/mol. The Morgan fingerprint density at radius 1 is 1.43 bits per heavy atom. The van der Waals surface area contributed by atoms with Gasteiger partial charge in [-0.1, -0.05) is 16.8 Å². The molecule has 0 aliphatic heterocycles. The van der Waals surface area contributed by atoms with Crippen molar-refractivity contribution in [1.29, 1.82) is 0 Å². The number of aromatic nitrogens is 5. The van der Waals surface area contributed by atoms with Gasteiger partial charge in [-0.05, 0) is 6.42 Å². The number of nitrogens with one attached hydrogen (secondary N) is 1. The molecule has 0 aromatic carbocycles. The molecule has 0 unspecified atom stereocenters. The Bertz CT molecular complexity index is 613. The lowest BCUT2D eigenvalue weighted by atomic mass is 10.4. The lowest BCUT2D eigenvalue weighted by Crippen LogP contribution is -2.26. The third-order valence-electron chi connectivity index (χ3n) is 2.84. The predicted octanol–water partition coefficient (Wildman–Crippen LogP) is 0.637. The van der Waals surface area contributed by atoms with Crippen molar-refractivity contribution in [1.82, 2.24) is 24.8 Å². The standard InChI is InChI=1S/C12H17ClN6O2/c1-21-8-7-19-12(20)11(13)10(9-16-19)14-3-2-5-18-6-4-15-17-18/h4,6,9,14H,2-3,5,7-8H2,1H3. The number of rotatable bonds is 8. The maximum atomic E-state index is 12.0. The van der Waals surface area contributed by atoms with Crippen LogP contribution in [0.25, 0.3) is 0 Å². The van der Waals surface area contributed by atoms with Gasteiger partial charge in [0.05, 0.1) is 31.2 Å². The van der Waals surface area contributed by atoms with E-state index in [-0.39, 0.29) is 10.6 Å². The summed E-state index contributed by atoms with van der Waals surface area (Å²) in [6.45, 7) is 2.18. The summed E-state index contributed by atoms with van der Waals surface area (Å²) in [6, 6.07) is 0. The second-order valence-corrected chi connectivity index (χ2v) is 4.72. The highest BCUT2D eigenvalue weighted by Gasteiger charge is 2.08. The molecule has 9 heteroatoms. The minimum Gasteiger partial charge on any atom is -0.383 e. The second-order valence-electron chi connectivity index (χ2n) is 4.34. The molecule has 2 aromatic rings. The van der Waals surface area contributed by atoms with Crippen LogP contribution in [0, 0.1) is 0 Å². The Morgan fingerprint density at radius 2 is 2.29 bits per heavy atom. The highest BCUT2D eigenvalue weighted by Crippen LogP contribution is 2.14. The van der Waals surface area contributed by atoms with Crippen molar-refractivity contribution in [3.05, 3.63) is 34.0 Å². The first kappa shape index (κ1) is 15.5. The van der Waals surface area contributed by atoms with E-state index in [2.05, 4.69) is 20.7 Å². The summed E-state index contributed by atoms with van der Waals surface area (Å²) in [7, 11) is 1.57. The van der Waals surface area contributed by atoms with Crippen LogP contribution in [0.5, 0.6) is 0 Å². The van der Waals surface area contributed by atoms with E-state index in [1.54, 1.807) is 30.4 Å². The zero-order valence-corrected chi connectivity index (χ0v) is 12.5. The first-order chi connectivity index (χ1) is 10.2. The molecule has 0 aliphatic rings. The second kappa shape index (κ2) is 7.75. The summed E-state index contributed by atoms with van der Waals surface area (Å²) >= 11 is 6.05. The van der Waals surface area contributed by atoms with E-state index in [9.17, 15) is 4.79 Å². The summed E-state index contributed by atoms with van der Waals surface area (Å²) in [5, 5.41) is 14.9. The topological polar surface area (TPSA) is 86.9 Å². The Labute approximate surface area is 126 Å². The minimum atomic E-state index is -0.324. The molecular weight excluding hydrogens is 296 g/mol. The average Bonchev–Trinajstić information content (AvgIpc) is 3.00. The fourth-order valence-corrected chi connectivity index (χ4v) is 1.95. The number of hydrogen-bond donors (Lipinski definition) is 1. The van der Waals surface area contributed by atoms with Crippen LogP contribution in [0.2, 0.25) is 5.02 Å². The highest BCUT2D eigenvalue weighted by molar-refractivity contribution is 6.32. The molecule has 0 atom stereocenters. The quantitative estimate of drug-likeness (QED) is 0.720. The van der Waals surface area contributed by atoms with Gasteiger partial charge in [-0.25, -0.2) is 4.68 Å². The van der Waals surface area contributed by atoms with E-state index < -0.39 is 0 Å². The van der Waals surface area contributed by atoms with Gasteiger partial charge in [0.25, 0.3) is 5.56 Å². The molecule has 2 rings (SSSR count). The smallest absolute Gasteiger partial charge is 0.287 e. The predicted molar refractivity (Wildman–Crippen MR) is 78.5 cm³/mol. The number of nitrogens with zero attached hydrogens (tertiary/aromatic N) is 5. The highest BCUT2D eigenvalue weighted by atomic mass is 35.5. The summed E-state index contributed by atoms with van der Waals surface area (Å²) < 4.78 is 7.94. The van der Waals surface area contributed by atoms with Gasteiger partial charge in [0, 0.05) is 26.4 Å². The SMILES string of the molecule is COCCn1ncc(NCCCn2ccnn2)c(Cl)c1=O. The van der Waals surface area contributed by atoms with Crippen molar-refractivity contribution in [2.24, 2.45) is 0 Å². The molecular formula is C12H17ClN6O2. The fourth-order valence-electron chi connectivity index (χ4n) is 1.74. The van der Waals surface area contributed by atoms with Crippen LogP contribution in [-0.2, 0) is 17.8 Å². The molecule has 2 heterocycles. The number of anilines is 1. The van der Waals surface area contributed by atoms with Crippen molar-refractivity contribution < 1.29 is 4.74 Å². The fraction of sp³-hybridized carbons (Fsp3) is 0.500. The van der Waals surface area contributed by atoms with Crippen LogP contribution < -0.4 is 10.9 Å². The monoisotopic (exact) mass is 312 g/mol. The number of hydrogen-bond acceptors (Lipinski definition) is 6. The van der Waals surface area contributed by atoms with E-state index in [0.717, 1.165) is 13.0 Å². The van der Waals surface area contributed by atoms with Gasteiger partial charge in [-0.15, -0.1) is 5.10 Å². The van der Waals surface area contributed by atoms with E-state index in [1.807, 2.05) is 0 Å². The molecule has 0 amide bonds. The summed E-state index contributed by atoms with van der Waals surface area (Å²) in [6.07, 6.45) is 5.81. The molecule has 1 N–H and O–H groups in total. The van der Waals surface area contributed by atoms with Gasteiger partial charge >= 0.3 is 0 Å². The first-order valence-electron chi connectivity index (χ1n) is 6.55. The number of aryl methyl sites for hydroxylation is 1. The van der Waals surface area contributed by atoms with Gasteiger partial charge in [0.1, 0.15) is 5.02 Å². The number of methoxy groups -OCH3 is 1. The number of ether oxygens (including phenoxy) is 1. The molecule has 114 valence electrons. The van der Waals surface area contributed by atoms with E-state index >= 15 is 0 Å². The van der Waals surface area contributed by atoms with Crippen molar-refractivity contribution in [3.8, 4) is 0 Å². The number of halogens is 1. The van der Waals surface area contributed by atoms with Gasteiger partial charge < -0.3 is 10.1 Å². The Morgan fingerprint density at radius 3 is 3.00 bits per heavy atom. The van der Waals surface area contributed by atoms with Crippen molar-refractivity contribution in [2.75, 3.05) is 25.6 Å². The zero-order chi connectivity index (χ0) is 15.1. The van der Waals surface area contributed by atoms with Crippen LogP contribution in [0.3, 0.4) is 0 Å². The molecule has 0 saturated heterocycles. The van der Waals surface area contributed by atoms with Gasteiger partial charge in [0.15, 0.2) is 0 Å². The van der Waals surface area contributed by atoms with Crippen molar-refractivity contribution >= 4 is 17.3 Å². The molecule has 0 saturated carbocycles. The van der Waals surface area contributed by atoms with Crippen LogP contribution >= 0.6 is 11.6 Å². The maximum absolute atomic E-state index is 12.0. The van der Waals surface area contributed by atoms with Crippen molar-refractivity contribution in [2.45, 2.75) is 19.5 Å². The molecule has 0 fully saturated rings. The molecule has 2 aromatic heterocycles. The normalized spacial score (nSPS) is 10.8. The van der Waals surface area contributed by atoms with Crippen LogP contribution in [0.15, 0.2) is 23.4 Å². The van der Waals surface area contributed by atoms with Crippen molar-refractivity contribution in [3.63, 3.8) is 0 Å². The van der Waals surface area contributed by atoms with E-state index in [1.165, 1.54) is 4.68 Å². The van der Waals surface area contributed by atoms with E-state index in [0.29, 0.717) is 25.4 Å². The van der Waals surface area contributed by atoms with Gasteiger partial charge in [-0.2, -0.15) is 5.10 Å². The largest absolute Gasteiger partial charge is 0.383 e. The Balaban J connectivity index is 1.88. The maximum Gasteiger partial charge on any atom is 0.287 e. The lowest BCUT2D eigenvalue weighted by molar-refractivity contribution is 0.182. The third kappa shape index (κ3) is 4.27. The van der Waals surface area contributed by atoms with Gasteiger partial charge in [-0.3, -0.25) is 9.48 Å². The summed E-state index contributed by atoms with van der Waals surface area (Å²) in [4.78, 5) is 12.0. The molecule has 0 spiro atoms. The third-order valence-corrected chi connectivity index (χ3v) is 3.21. The summed E-state index contributed by atoms with van der Waals surface area (Å²) in [5.41, 5.74) is 0.212. The summed E-state index contributed by atoms with van der Waals surface area (Å²) in [5.74, 6) is 0. The van der Waals surface area contributed by atoms with Crippen LogP contribution in [0.1, 0.15) is 6.42 Å². The molecule has 0 bridgehead atoms. The molecule has 0 aliphatic carbocycles. The zero-order valence-electron chi connectivity index (χ0n) is 11.7. The minimum absolute atomic E-state index is 0.141. The lowest BCUT2D eigenvalue weighted by Gasteiger charge is -2.10. The van der Waals surface area contributed by atoms with Crippen LogP contribution in [0.4, 0.5) is 5.69 Å². The molecule has 0 radical (unpaired) electrons. The first-order valence-corrected chi connectivity index (χ1v) is 6.92. The molecule has 8 nitrogen and oxygen atoms in total.